The van der Waals surface area contributed by atoms with Gasteiger partial charge in [-0.05, 0) is 32.0 Å². The van der Waals surface area contributed by atoms with Crippen LogP contribution in [0.5, 0.6) is 0 Å². The van der Waals surface area contributed by atoms with Gasteiger partial charge in [0.1, 0.15) is 5.01 Å². The summed E-state index contributed by atoms with van der Waals surface area (Å²) in [6.07, 6.45) is 5.35. The van der Waals surface area contributed by atoms with E-state index in [9.17, 15) is 4.79 Å². The van der Waals surface area contributed by atoms with Crippen molar-refractivity contribution >= 4 is 52.9 Å². The molecule has 1 amide bonds. The minimum Gasteiger partial charge on any atom is -0.350 e. The number of guanidine groups is 1. The maximum absolute atomic E-state index is 12.0. The van der Waals surface area contributed by atoms with E-state index in [1.54, 1.807) is 36.6 Å². The van der Waals surface area contributed by atoms with E-state index < -0.39 is 0 Å². The predicted octanol–water partition coefficient (Wildman–Crippen LogP) is 2.66. The zero-order valence-electron chi connectivity index (χ0n) is 14.9. The molecule has 6 nitrogen and oxygen atoms in total. The first-order chi connectivity index (χ1) is 12.0. The van der Waals surface area contributed by atoms with Crippen LogP contribution >= 0.6 is 35.3 Å². The predicted molar refractivity (Wildman–Crippen MR) is 118 cm³/mol. The molecule has 0 atom stereocenters. The third-order valence-electron chi connectivity index (χ3n) is 3.43. The van der Waals surface area contributed by atoms with Gasteiger partial charge in [0, 0.05) is 23.2 Å². The second-order valence-corrected chi connectivity index (χ2v) is 6.59. The molecule has 0 saturated heterocycles. The van der Waals surface area contributed by atoms with Crippen LogP contribution in [-0.2, 0) is 11.3 Å². The van der Waals surface area contributed by atoms with E-state index >= 15 is 0 Å². The van der Waals surface area contributed by atoms with E-state index in [1.807, 2.05) is 19.9 Å². The van der Waals surface area contributed by atoms with Gasteiger partial charge in [-0.3, -0.25) is 9.79 Å². The average Bonchev–Trinajstić information content (AvgIpc) is 2.93. The molecule has 1 aromatic heterocycles. The summed E-state index contributed by atoms with van der Waals surface area (Å²) < 4.78 is 0. The van der Waals surface area contributed by atoms with Gasteiger partial charge in [-0.2, -0.15) is 0 Å². The summed E-state index contributed by atoms with van der Waals surface area (Å²) in [6.45, 7) is 4.69. The highest BCUT2D eigenvalue weighted by Gasteiger charge is 2.07. The van der Waals surface area contributed by atoms with Gasteiger partial charge < -0.3 is 16.0 Å². The van der Waals surface area contributed by atoms with Gasteiger partial charge in [-0.1, -0.05) is 12.0 Å². The Morgan fingerprint density at radius 3 is 2.73 bits per heavy atom. The molecule has 0 aliphatic rings. The second kappa shape index (κ2) is 10.8. The largest absolute Gasteiger partial charge is 0.350 e. The number of terminal acetylenes is 1. The average molecular weight is 483 g/mol. The van der Waals surface area contributed by atoms with Crippen molar-refractivity contribution in [3.05, 3.63) is 45.4 Å². The van der Waals surface area contributed by atoms with Crippen molar-refractivity contribution in [3.63, 3.8) is 0 Å². The summed E-state index contributed by atoms with van der Waals surface area (Å²) in [6, 6.07) is 7.15. The number of amides is 1. The molecule has 0 bridgehead atoms. The Labute approximate surface area is 174 Å². The van der Waals surface area contributed by atoms with Crippen molar-refractivity contribution in [2.75, 3.05) is 18.9 Å². The van der Waals surface area contributed by atoms with Crippen LogP contribution in [0.15, 0.2) is 29.3 Å². The molecule has 1 heterocycles. The number of nitrogens with one attached hydrogen (secondary N) is 3. The number of hydrogen-bond acceptors (Lipinski definition) is 4. The number of aryl methyl sites for hydroxylation is 2. The minimum absolute atomic E-state index is 0. The van der Waals surface area contributed by atoms with Crippen molar-refractivity contribution in [1.82, 2.24) is 15.6 Å². The van der Waals surface area contributed by atoms with E-state index in [0.717, 1.165) is 16.3 Å². The van der Waals surface area contributed by atoms with Gasteiger partial charge >= 0.3 is 0 Å². The standard InChI is InChI=1S/C18H21N5OS.HI/c1-5-14-7-6-8-15(9-14)23-16(24)10-20-18(19-4)21-11-17-22-12(2)13(3)25-17;/h1,6-9H,10-11H2,2-4H3,(H,23,24)(H2,19,20,21);1H. The number of carbonyl (C=O) groups is 1. The lowest BCUT2D eigenvalue weighted by Crippen LogP contribution is -2.41. The van der Waals surface area contributed by atoms with E-state index in [1.165, 1.54) is 4.88 Å². The van der Waals surface area contributed by atoms with Gasteiger partial charge in [0.15, 0.2) is 5.96 Å². The molecule has 1 aromatic carbocycles. The Kier molecular flexibility index (Phi) is 9.09. The molecule has 8 heteroatoms. The summed E-state index contributed by atoms with van der Waals surface area (Å²) in [5, 5.41) is 9.89. The van der Waals surface area contributed by atoms with Gasteiger partial charge in [0.05, 0.1) is 18.8 Å². The molecule has 0 saturated carbocycles. The fourth-order valence-electron chi connectivity index (χ4n) is 2.05. The molecule has 138 valence electrons. The van der Waals surface area contributed by atoms with Crippen LogP contribution in [0.4, 0.5) is 5.69 Å². The molecule has 26 heavy (non-hydrogen) atoms. The Bertz CT molecular complexity index is 806. The number of hydrogen-bond donors (Lipinski definition) is 3. The first-order valence-corrected chi connectivity index (χ1v) is 8.57. The SMILES string of the molecule is C#Cc1cccc(NC(=O)CNC(=NC)NCc2nc(C)c(C)s2)c1.I. The number of rotatable bonds is 5. The quantitative estimate of drug-likeness (QED) is 0.265. The van der Waals surface area contributed by atoms with Crippen molar-refractivity contribution in [2.24, 2.45) is 4.99 Å². The molecule has 0 radical (unpaired) electrons. The molecule has 0 spiro atoms. The third kappa shape index (κ3) is 6.65. The van der Waals surface area contributed by atoms with Crippen LogP contribution < -0.4 is 16.0 Å². The van der Waals surface area contributed by atoms with Gasteiger partial charge in [-0.25, -0.2) is 4.98 Å². The molecule has 0 unspecified atom stereocenters. The minimum atomic E-state index is -0.182. The van der Waals surface area contributed by atoms with E-state index in [2.05, 4.69) is 31.8 Å². The molecule has 2 rings (SSSR count). The fourth-order valence-corrected chi connectivity index (χ4v) is 2.92. The highest BCUT2D eigenvalue weighted by molar-refractivity contribution is 14.0. The van der Waals surface area contributed by atoms with Crippen LogP contribution in [0.2, 0.25) is 0 Å². The lowest BCUT2D eigenvalue weighted by molar-refractivity contribution is -0.115. The molecule has 0 aliphatic heterocycles. The van der Waals surface area contributed by atoms with Crippen LogP contribution in [0, 0.1) is 26.2 Å². The number of aromatic nitrogens is 1. The molecular weight excluding hydrogens is 461 g/mol. The number of nitrogens with zero attached hydrogens (tertiary/aromatic N) is 2. The normalized spacial score (nSPS) is 10.5. The topological polar surface area (TPSA) is 78.4 Å². The van der Waals surface area contributed by atoms with Gasteiger partial charge in [0.2, 0.25) is 5.91 Å². The van der Waals surface area contributed by atoms with Crippen molar-refractivity contribution in [1.29, 1.82) is 0 Å². The third-order valence-corrected chi connectivity index (χ3v) is 4.51. The van der Waals surface area contributed by atoms with E-state index in [0.29, 0.717) is 18.2 Å². The monoisotopic (exact) mass is 483 g/mol. The van der Waals surface area contributed by atoms with E-state index in [4.69, 9.17) is 6.42 Å². The maximum Gasteiger partial charge on any atom is 0.243 e. The zero-order valence-corrected chi connectivity index (χ0v) is 18.1. The second-order valence-electron chi connectivity index (χ2n) is 5.30. The van der Waals surface area contributed by atoms with Crippen LogP contribution in [0.25, 0.3) is 0 Å². The number of halogens is 1. The van der Waals surface area contributed by atoms with E-state index in [-0.39, 0.29) is 36.4 Å². The summed E-state index contributed by atoms with van der Waals surface area (Å²) in [5.41, 5.74) is 2.43. The summed E-state index contributed by atoms with van der Waals surface area (Å²) in [7, 11) is 1.65. The van der Waals surface area contributed by atoms with Crippen LogP contribution in [-0.4, -0.2) is 30.4 Å². The zero-order chi connectivity index (χ0) is 18.2. The first-order valence-electron chi connectivity index (χ1n) is 7.75. The number of anilines is 1. The summed E-state index contributed by atoms with van der Waals surface area (Å²) >= 11 is 1.64. The van der Waals surface area contributed by atoms with Crippen molar-refractivity contribution < 1.29 is 4.79 Å². The lowest BCUT2D eigenvalue weighted by atomic mass is 10.2. The number of aliphatic imine (C=N–C) groups is 1. The van der Waals surface area contributed by atoms with Crippen LogP contribution in [0.1, 0.15) is 21.1 Å². The van der Waals surface area contributed by atoms with Crippen LogP contribution in [0.3, 0.4) is 0 Å². The summed E-state index contributed by atoms with van der Waals surface area (Å²) in [5.74, 6) is 2.89. The first kappa shape index (κ1) is 21.9. The lowest BCUT2D eigenvalue weighted by Gasteiger charge is -2.11. The molecule has 3 N–H and O–H groups in total. The van der Waals surface area contributed by atoms with Crippen molar-refractivity contribution in [2.45, 2.75) is 20.4 Å². The molecular formula is C18H22IN5OS. The Morgan fingerprint density at radius 1 is 1.35 bits per heavy atom. The van der Waals surface area contributed by atoms with Gasteiger partial charge in [-0.15, -0.1) is 41.7 Å². The number of benzene rings is 1. The number of carbonyl (C=O) groups excluding carboxylic acids is 1. The summed E-state index contributed by atoms with van der Waals surface area (Å²) in [4.78, 5) is 21.8. The van der Waals surface area contributed by atoms with Gasteiger partial charge in [0.25, 0.3) is 0 Å². The molecule has 0 fully saturated rings. The highest BCUT2D eigenvalue weighted by Crippen LogP contribution is 2.15. The molecule has 0 aliphatic carbocycles. The maximum atomic E-state index is 12.0. The molecule has 2 aromatic rings. The van der Waals surface area contributed by atoms with Crippen molar-refractivity contribution in [3.8, 4) is 12.3 Å². The Balaban J connectivity index is 0.00000338. The Hall–Kier alpha value is -2.12. The Morgan fingerprint density at radius 2 is 2.12 bits per heavy atom. The smallest absolute Gasteiger partial charge is 0.243 e. The highest BCUT2D eigenvalue weighted by atomic mass is 127. The number of thiazole rings is 1. The fraction of sp³-hybridized carbons (Fsp3) is 0.278.